The van der Waals surface area contributed by atoms with E-state index in [1.165, 1.54) is 11.3 Å². The SMILES string of the molecule is O=C(CN(CC1CC1)C(=O)c1cccs1)N1CCN(c2ccc(-c3ccccc3)nn2)CC1. The molecule has 0 atom stereocenters. The maximum Gasteiger partial charge on any atom is 0.264 e. The quantitative estimate of drug-likeness (QED) is 0.539. The Kier molecular flexibility index (Phi) is 6.35. The summed E-state index contributed by atoms with van der Waals surface area (Å²) in [5.41, 5.74) is 1.89. The zero-order chi connectivity index (χ0) is 22.6. The lowest BCUT2D eigenvalue weighted by Crippen LogP contribution is -2.52. The van der Waals surface area contributed by atoms with Gasteiger partial charge in [0.1, 0.15) is 6.54 Å². The Hall–Kier alpha value is -3.26. The normalized spacial score (nSPS) is 16.0. The smallest absolute Gasteiger partial charge is 0.264 e. The van der Waals surface area contributed by atoms with Crippen LogP contribution in [-0.4, -0.2) is 71.1 Å². The first kappa shape index (κ1) is 21.6. The second-order valence-electron chi connectivity index (χ2n) is 8.62. The number of aromatic nitrogens is 2. The number of nitrogens with zero attached hydrogens (tertiary/aromatic N) is 5. The van der Waals surface area contributed by atoms with E-state index in [1.54, 1.807) is 4.90 Å². The van der Waals surface area contributed by atoms with Gasteiger partial charge in [0.25, 0.3) is 5.91 Å². The number of anilines is 1. The Balaban J connectivity index is 1.17. The highest BCUT2D eigenvalue weighted by atomic mass is 32.1. The van der Waals surface area contributed by atoms with Gasteiger partial charge in [-0.25, -0.2) is 0 Å². The molecule has 2 fully saturated rings. The number of thiophene rings is 1. The Morgan fingerprint density at radius 1 is 0.939 bits per heavy atom. The fourth-order valence-electron chi connectivity index (χ4n) is 4.09. The molecule has 3 aromatic rings. The minimum absolute atomic E-state index is 0.0192. The fourth-order valence-corrected chi connectivity index (χ4v) is 4.78. The fraction of sp³-hybridized carbons (Fsp3) is 0.360. The first-order chi connectivity index (χ1) is 16.2. The van der Waals surface area contributed by atoms with Gasteiger partial charge in [0.15, 0.2) is 5.82 Å². The predicted molar refractivity (Wildman–Crippen MR) is 129 cm³/mol. The topological polar surface area (TPSA) is 69.6 Å². The Morgan fingerprint density at radius 2 is 1.73 bits per heavy atom. The second-order valence-corrected chi connectivity index (χ2v) is 9.56. The predicted octanol–water partition coefficient (Wildman–Crippen LogP) is 3.41. The lowest BCUT2D eigenvalue weighted by molar-refractivity contribution is -0.132. The molecular formula is C25H27N5O2S. The zero-order valence-corrected chi connectivity index (χ0v) is 19.3. The number of carbonyl (C=O) groups is 2. The van der Waals surface area contributed by atoms with Crippen LogP contribution < -0.4 is 4.90 Å². The van der Waals surface area contributed by atoms with Gasteiger partial charge in [-0.2, -0.15) is 0 Å². The van der Waals surface area contributed by atoms with E-state index in [-0.39, 0.29) is 18.4 Å². The number of rotatable bonds is 7. The molecule has 1 aliphatic carbocycles. The minimum atomic E-state index is -0.0299. The van der Waals surface area contributed by atoms with Crippen LogP contribution in [0.3, 0.4) is 0 Å². The van der Waals surface area contributed by atoms with E-state index in [1.807, 2.05) is 64.9 Å². The maximum absolute atomic E-state index is 13.0. The van der Waals surface area contributed by atoms with Crippen LogP contribution in [0.4, 0.5) is 5.82 Å². The molecule has 1 aliphatic heterocycles. The summed E-state index contributed by atoms with van der Waals surface area (Å²) < 4.78 is 0. The van der Waals surface area contributed by atoms with Crippen molar-refractivity contribution in [2.45, 2.75) is 12.8 Å². The van der Waals surface area contributed by atoms with E-state index >= 15 is 0 Å². The summed E-state index contributed by atoms with van der Waals surface area (Å²) in [7, 11) is 0. The van der Waals surface area contributed by atoms with Crippen LogP contribution in [0.5, 0.6) is 0 Å². The molecule has 2 aliphatic rings. The van der Waals surface area contributed by atoms with Gasteiger partial charge in [-0.05, 0) is 42.3 Å². The molecule has 2 amide bonds. The molecular weight excluding hydrogens is 434 g/mol. The van der Waals surface area contributed by atoms with Crippen molar-refractivity contribution >= 4 is 29.0 Å². The number of hydrogen-bond acceptors (Lipinski definition) is 6. The third kappa shape index (κ3) is 5.22. The largest absolute Gasteiger partial charge is 0.352 e. The lowest BCUT2D eigenvalue weighted by atomic mass is 10.1. The van der Waals surface area contributed by atoms with Crippen LogP contribution in [0, 0.1) is 5.92 Å². The molecule has 0 spiro atoms. The van der Waals surface area contributed by atoms with Crippen molar-refractivity contribution in [1.29, 1.82) is 0 Å². The van der Waals surface area contributed by atoms with Gasteiger partial charge in [-0.15, -0.1) is 21.5 Å². The van der Waals surface area contributed by atoms with Crippen LogP contribution in [0.2, 0.25) is 0 Å². The van der Waals surface area contributed by atoms with Gasteiger partial charge in [-0.1, -0.05) is 36.4 Å². The highest BCUT2D eigenvalue weighted by Gasteiger charge is 2.31. The average molecular weight is 462 g/mol. The summed E-state index contributed by atoms with van der Waals surface area (Å²) in [5.74, 6) is 1.35. The van der Waals surface area contributed by atoms with Crippen molar-refractivity contribution in [1.82, 2.24) is 20.0 Å². The van der Waals surface area contributed by atoms with Crippen LogP contribution >= 0.6 is 11.3 Å². The van der Waals surface area contributed by atoms with Crippen molar-refractivity contribution < 1.29 is 9.59 Å². The van der Waals surface area contributed by atoms with E-state index in [2.05, 4.69) is 15.1 Å². The van der Waals surface area contributed by atoms with Gasteiger partial charge in [-0.3, -0.25) is 9.59 Å². The number of carbonyl (C=O) groups excluding carboxylic acids is 2. The third-order valence-electron chi connectivity index (χ3n) is 6.20. The molecule has 1 saturated carbocycles. The van der Waals surface area contributed by atoms with Gasteiger partial charge in [0.05, 0.1) is 10.6 Å². The number of amides is 2. The van der Waals surface area contributed by atoms with Crippen LogP contribution in [-0.2, 0) is 4.79 Å². The molecule has 0 unspecified atom stereocenters. The van der Waals surface area contributed by atoms with Gasteiger partial charge in [0.2, 0.25) is 5.91 Å². The summed E-state index contributed by atoms with van der Waals surface area (Å²) in [4.78, 5) is 32.4. The van der Waals surface area contributed by atoms with E-state index < -0.39 is 0 Å². The Labute approximate surface area is 197 Å². The van der Waals surface area contributed by atoms with E-state index in [0.29, 0.717) is 43.5 Å². The van der Waals surface area contributed by atoms with Gasteiger partial charge in [0, 0.05) is 38.3 Å². The first-order valence-electron chi connectivity index (χ1n) is 11.4. The standard InChI is InChI=1S/C25H27N5O2S/c31-24(18-30(17-19-8-9-19)25(32)22-7-4-16-33-22)29-14-12-28(13-15-29)23-11-10-21(26-27-23)20-5-2-1-3-6-20/h1-7,10-11,16,19H,8-9,12-15,17-18H2. The van der Waals surface area contributed by atoms with Crippen molar-refractivity contribution in [3.05, 3.63) is 64.9 Å². The van der Waals surface area contributed by atoms with Crippen LogP contribution in [0.1, 0.15) is 22.5 Å². The maximum atomic E-state index is 13.0. The number of piperazine rings is 1. The minimum Gasteiger partial charge on any atom is -0.352 e. The highest BCUT2D eigenvalue weighted by molar-refractivity contribution is 7.12. The molecule has 8 heteroatoms. The summed E-state index contributed by atoms with van der Waals surface area (Å²) in [6.45, 7) is 3.46. The molecule has 170 valence electrons. The molecule has 1 saturated heterocycles. The number of hydrogen-bond donors (Lipinski definition) is 0. The zero-order valence-electron chi connectivity index (χ0n) is 18.5. The van der Waals surface area contributed by atoms with Crippen LogP contribution in [0.15, 0.2) is 60.0 Å². The van der Waals surface area contributed by atoms with E-state index in [9.17, 15) is 9.59 Å². The van der Waals surface area contributed by atoms with Gasteiger partial charge >= 0.3 is 0 Å². The van der Waals surface area contributed by atoms with Crippen molar-refractivity contribution in [2.75, 3.05) is 44.2 Å². The van der Waals surface area contributed by atoms with Crippen molar-refractivity contribution in [2.24, 2.45) is 5.92 Å². The van der Waals surface area contributed by atoms with Crippen LogP contribution in [0.25, 0.3) is 11.3 Å². The average Bonchev–Trinajstić information content (AvgIpc) is 3.52. The molecule has 1 aromatic carbocycles. The highest BCUT2D eigenvalue weighted by Crippen LogP contribution is 2.30. The lowest BCUT2D eigenvalue weighted by Gasteiger charge is -2.36. The molecule has 33 heavy (non-hydrogen) atoms. The summed E-state index contributed by atoms with van der Waals surface area (Å²) >= 11 is 1.43. The second kappa shape index (κ2) is 9.70. The molecule has 0 N–H and O–H groups in total. The molecule has 0 bridgehead atoms. The van der Waals surface area contributed by atoms with Crippen molar-refractivity contribution in [3.8, 4) is 11.3 Å². The van der Waals surface area contributed by atoms with E-state index in [0.717, 1.165) is 29.9 Å². The molecule has 0 radical (unpaired) electrons. The Morgan fingerprint density at radius 3 is 2.36 bits per heavy atom. The molecule has 7 nitrogen and oxygen atoms in total. The Bertz CT molecular complexity index is 1080. The first-order valence-corrected chi connectivity index (χ1v) is 12.3. The molecule has 3 heterocycles. The molecule has 5 rings (SSSR count). The van der Waals surface area contributed by atoms with Gasteiger partial charge < -0.3 is 14.7 Å². The monoisotopic (exact) mass is 461 g/mol. The summed E-state index contributed by atoms with van der Waals surface area (Å²) in [6.07, 6.45) is 2.29. The summed E-state index contributed by atoms with van der Waals surface area (Å²) in [5, 5.41) is 10.7. The third-order valence-corrected chi connectivity index (χ3v) is 7.06. The van der Waals surface area contributed by atoms with E-state index in [4.69, 9.17) is 0 Å². The number of benzene rings is 1. The molecule has 2 aromatic heterocycles. The van der Waals surface area contributed by atoms with Crippen molar-refractivity contribution in [3.63, 3.8) is 0 Å². The summed E-state index contributed by atoms with van der Waals surface area (Å²) in [6, 6.07) is 17.7.